The minimum Gasteiger partial charge on any atom is -0.425 e. The Morgan fingerprint density at radius 1 is 0.981 bits per heavy atom. The molecule has 7 rings (SSSR count). The lowest BCUT2D eigenvalue weighted by atomic mass is 9.99. The highest BCUT2D eigenvalue weighted by molar-refractivity contribution is 5.99. The summed E-state index contributed by atoms with van der Waals surface area (Å²) in [6.07, 6.45) is 4.25. The maximum Gasteiger partial charge on any atom is 0.335 e. The molecule has 0 radical (unpaired) electrons. The van der Waals surface area contributed by atoms with Gasteiger partial charge in [-0.15, -0.1) is 0 Å². The first-order valence-electron chi connectivity index (χ1n) is 16.4. The van der Waals surface area contributed by atoms with Crippen LogP contribution < -0.4 is 26.2 Å². The van der Waals surface area contributed by atoms with Crippen molar-refractivity contribution < 1.29 is 27.8 Å². The number of rotatable bonds is 8. The number of anilines is 1. The number of nitrogens with one attached hydrogen (secondary N) is 1. The molecule has 264 valence electrons. The normalized spacial score (nSPS) is 13.7. The first-order chi connectivity index (χ1) is 25.1. The van der Waals surface area contributed by atoms with Crippen LogP contribution in [-0.2, 0) is 23.0 Å². The number of fused-ring (bicyclic) bond motifs is 2. The van der Waals surface area contributed by atoms with Crippen molar-refractivity contribution in [2.45, 2.75) is 19.4 Å². The molecule has 0 aliphatic carbocycles. The molecular formula is C38H32F2N6O6. The largest absolute Gasteiger partial charge is 0.425 e. The number of carbonyl (C=O) groups excluding carboxylic acids is 2. The minimum atomic E-state index is -1.37. The lowest BCUT2D eigenvalue weighted by Gasteiger charge is -2.29. The van der Waals surface area contributed by atoms with E-state index in [4.69, 9.17) is 9.47 Å². The van der Waals surface area contributed by atoms with E-state index in [1.807, 2.05) is 4.90 Å². The van der Waals surface area contributed by atoms with Gasteiger partial charge in [0.1, 0.15) is 23.4 Å². The van der Waals surface area contributed by atoms with E-state index in [1.165, 1.54) is 54.5 Å². The van der Waals surface area contributed by atoms with E-state index in [9.17, 15) is 23.6 Å². The standard InChI is InChI=1S/C38H32F2N6O6/c1-22-18-25(45-14-16-51-17-15-45)20-29(40)33(22)35(47)43-30(37(49)52-26-8-6-24(39)7-9-26)19-23-5-10-31(34-27(23)4-3-12-42-34)46-36(48)28-11-13-41-21-32(28)44(2)38(46)50/h3-13,18,20-21,30H,14-17,19H2,1-2H3,(H,43,47). The van der Waals surface area contributed by atoms with Crippen molar-refractivity contribution in [3.63, 3.8) is 0 Å². The van der Waals surface area contributed by atoms with Crippen molar-refractivity contribution in [2.24, 2.45) is 7.05 Å². The van der Waals surface area contributed by atoms with Crippen LogP contribution in [0.2, 0.25) is 0 Å². The predicted octanol–water partition coefficient (Wildman–Crippen LogP) is 4.00. The molecule has 0 saturated carbocycles. The Bertz CT molecular complexity index is 2450. The monoisotopic (exact) mass is 706 g/mol. The number of halogens is 2. The Kier molecular flexibility index (Phi) is 9.30. The molecule has 12 nitrogen and oxygen atoms in total. The number of esters is 1. The third kappa shape index (κ3) is 6.51. The van der Waals surface area contributed by atoms with Crippen molar-refractivity contribution in [3.05, 3.63) is 134 Å². The van der Waals surface area contributed by atoms with Gasteiger partial charge in [0.05, 0.1) is 47.1 Å². The quantitative estimate of drug-likeness (QED) is 0.184. The summed E-state index contributed by atoms with van der Waals surface area (Å²) < 4.78 is 42.5. The second-order valence-corrected chi connectivity index (χ2v) is 12.3. The highest BCUT2D eigenvalue weighted by atomic mass is 19.1. The van der Waals surface area contributed by atoms with Gasteiger partial charge in [-0.1, -0.05) is 12.1 Å². The van der Waals surface area contributed by atoms with Gasteiger partial charge in [-0.3, -0.25) is 24.1 Å². The van der Waals surface area contributed by atoms with E-state index in [0.29, 0.717) is 54.0 Å². The Hall–Kier alpha value is -6.28. The molecule has 1 aliphatic rings. The van der Waals surface area contributed by atoms with Gasteiger partial charge in [0.2, 0.25) is 0 Å². The Labute approximate surface area is 294 Å². The van der Waals surface area contributed by atoms with Gasteiger partial charge in [-0.05, 0) is 72.6 Å². The number of hydrogen-bond acceptors (Lipinski definition) is 9. The SMILES string of the molecule is Cc1cc(N2CCOCC2)cc(F)c1C(=O)NC(Cc1ccc(-n2c(=O)c3ccncc3n(C)c2=O)c2ncccc12)C(=O)Oc1ccc(F)cc1. The van der Waals surface area contributed by atoms with E-state index in [0.717, 1.165) is 16.7 Å². The third-order valence-electron chi connectivity index (χ3n) is 9.07. The van der Waals surface area contributed by atoms with E-state index in [2.05, 4.69) is 15.3 Å². The summed E-state index contributed by atoms with van der Waals surface area (Å²) in [5.74, 6) is -3.00. The Morgan fingerprint density at radius 2 is 1.75 bits per heavy atom. The number of morpholine rings is 1. The zero-order valence-electron chi connectivity index (χ0n) is 28.1. The Morgan fingerprint density at radius 3 is 2.50 bits per heavy atom. The first-order valence-corrected chi connectivity index (χ1v) is 16.4. The molecule has 3 aromatic heterocycles. The first kappa shape index (κ1) is 34.2. The molecule has 1 unspecified atom stereocenters. The van der Waals surface area contributed by atoms with Crippen LogP contribution in [0.25, 0.3) is 27.5 Å². The molecule has 52 heavy (non-hydrogen) atoms. The molecule has 1 fully saturated rings. The highest BCUT2D eigenvalue weighted by Gasteiger charge is 2.28. The zero-order valence-corrected chi connectivity index (χ0v) is 28.1. The number of carbonyl (C=O) groups is 2. The van der Waals surface area contributed by atoms with Crippen LogP contribution in [0.5, 0.6) is 5.75 Å². The summed E-state index contributed by atoms with van der Waals surface area (Å²) in [4.78, 5) is 65.1. The topological polar surface area (TPSA) is 138 Å². The van der Waals surface area contributed by atoms with Gasteiger partial charge in [0, 0.05) is 50.0 Å². The minimum absolute atomic E-state index is 0.0338. The second-order valence-electron chi connectivity index (χ2n) is 12.3. The van der Waals surface area contributed by atoms with Crippen LogP contribution in [0.1, 0.15) is 21.5 Å². The van der Waals surface area contributed by atoms with Crippen LogP contribution in [0.3, 0.4) is 0 Å². The third-order valence-corrected chi connectivity index (χ3v) is 9.07. The molecule has 14 heteroatoms. The molecular weight excluding hydrogens is 674 g/mol. The predicted molar refractivity (Wildman–Crippen MR) is 189 cm³/mol. The van der Waals surface area contributed by atoms with Crippen molar-refractivity contribution in [2.75, 3.05) is 31.2 Å². The van der Waals surface area contributed by atoms with Crippen LogP contribution in [0, 0.1) is 18.6 Å². The molecule has 3 aromatic carbocycles. The molecule has 4 heterocycles. The van der Waals surface area contributed by atoms with E-state index in [1.54, 1.807) is 37.3 Å². The summed E-state index contributed by atoms with van der Waals surface area (Å²) in [7, 11) is 1.53. The zero-order chi connectivity index (χ0) is 36.5. The summed E-state index contributed by atoms with van der Waals surface area (Å²) in [6.45, 7) is 3.76. The number of benzene rings is 3. The molecule has 1 amide bonds. The fourth-order valence-corrected chi connectivity index (χ4v) is 6.43. The van der Waals surface area contributed by atoms with Crippen molar-refractivity contribution in [1.82, 2.24) is 24.4 Å². The number of amides is 1. The molecule has 1 aliphatic heterocycles. The molecule has 1 N–H and O–H groups in total. The average Bonchev–Trinajstić information content (AvgIpc) is 3.15. The number of aryl methyl sites for hydroxylation is 2. The van der Waals surface area contributed by atoms with Crippen LogP contribution in [0.15, 0.2) is 94.9 Å². The fraction of sp³-hybridized carbons (Fsp3) is 0.211. The number of hydrogen-bond donors (Lipinski definition) is 1. The molecule has 0 spiro atoms. The maximum atomic E-state index is 15.6. The fourth-order valence-electron chi connectivity index (χ4n) is 6.43. The Balaban J connectivity index is 1.27. The lowest BCUT2D eigenvalue weighted by Crippen LogP contribution is -2.45. The van der Waals surface area contributed by atoms with E-state index >= 15 is 4.39 Å². The van der Waals surface area contributed by atoms with Gasteiger partial charge >= 0.3 is 11.7 Å². The lowest BCUT2D eigenvalue weighted by molar-refractivity contribution is -0.136. The number of nitrogens with zero attached hydrogens (tertiary/aromatic N) is 5. The molecule has 1 atom stereocenters. The van der Waals surface area contributed by atoms with E-state index < -0.39 is 40.8 Å². The van der Waals surface area contributed by atoms with Gasteiger partial charge in [0.15, 0.2) is 0 Å². The van der Waals surface area contributed by atoms with Crippen LogP contribution in [0.4, 0.5) is 14.5 Å². The molecule has 0 bridgehead atoms. The number of ether oxygens (including phenoxy) is 2. The van der Waals surface area contributed by atoms with Gasteiger partial charge in [-0.2, -0.15) is 0 Å². The van der Waals surface area contributed by atoms with Crippen molar-refractivity contribution in [1.29, 1.82) is 0 Å². The highest BCUT2D eigenvalue weighted by Crippen LogP contribution is 2.27. The van der Waals surface area contributed by atoms with Gasteiger partial charge in [0.25, 0.3) is 11.5 Å². The number of aromatic nitrogens is 4. The smallest absolute Gasteiger partial charge is 0.335 e. The van der Waals surface area contributed by atoms with Crippen LogP contribution >= 0.6 is 0 Å². The van der Waals surface area contributed by atoms with Gasteiger partial charge < -0.3 is 19.7 Å². The second kappa shape index (κ2) is 14.2. The van der Waals surface area contributed by atoms with Gasteiger partial charge in [-0.25, -0.2) is 22.9 Å². The van der Waals surface area contributed by atoms with Crippen molar-refractivity contribution in [3.8, 4) is 11.4 Å². The summed E-state index contributed by atoms with van der Waals surface area (Å²) >= 11 is 0. The molecule has 1 saturated heterocycles. The summed E-state index contributed by atoms with van der Waals surface area (Å²) in [6, 6.07) is 14.5. The average molecular weight is 707 g/mol. The van der Waals surface area contributed by atoms with Crippen molar-refractivity contribution >= 4 is 39.4 Å². The summed E-state index contributed by atoms with van der Waals surface area (Å²) in [5.41, 5.74) is 0.910. The number of pyridine rings is 2. The molecule has 6 aromatic rings. The summed E-state index contributed by atoms with van der Waals surface area (Å²) in [5, 5.41) is 3.41. The van der Waals surface area contributed by atoms with Crippen LogP contribution in [-0.4, -0.2) is 63.3 Å². The maximum absolute atomic E-state index is 15.6. The van der Waals surface area contributed by atoms with E-state index in [-0.39, 0.29) is 34.3 Å².